The molecule has 0 spiro atoms. The predicted molar refractivity (Wildman–Crippen MR) is 71.4 cm³/mol. The van der Waals surface area contributed by atoms with Crippen molar-refractivity contribution >= 4 is 11.9 Å². The van der Waals surface area contributed by atoms with Gasteiger partial charge in [-0.3, -0.25) is 9.59 Å². The van der Waals surface area contributed by atoms with E-state index in [4.69, 9.17) is 0 Å². The van der Waals surface area contributed by atoms with E-state index in [-0.39, 0.29) is 24.4 Å². The normalized spacial score (nSPS) is 16.1. The van der Waals surface area contributed by atoms with E-state index in [1.165, 1.54) is 18.0 Å². The summed E-state index contributed by atoms with van der Waals surface area (Å²) >= 11 is 0. The fourth-order valence-electron chi connectivity index (χ4n) is 2.49. The number of hydrogen-bond donors (Lipinski definition) is 1. The molecule has 114 valence electrons. The van der Waals surface area contributed by atoms with Crippen molar-refractivity contribution in [3.63, 3.8) is 0 Å². The Kier molecular flexibility index (Phi) is 4.25. The van der Waals surface area contributed by atoms with E-state index in [1.807, 2.05) is 0 Å². The number of rotatable bonds is 5. The minimum Gasteiger partial charge on any atom is -0.481 e. The number of carboxylic acids is 1. The van der Waals surface area contributed by atoms with Crippen LogP contribution < -0.4 is 0 Å². The summed E-state index contributed by atoms with van der Waals surface area (Å²) in [5.74, 6) is -2.69. The number of hydrogen-bond acceptors (Lipinski definition) is 2. The van der Waals surface area contributed by atoms with Gasteiger partial charge in [0.2, 0.25) is 5.91 Å². The Morgan fingerprint density at radius 2 is 2.00 bits per heavy atom. The number of nitrogens with zero attached hydrogens (tertiary/aromatic N) is 1. The number of benzene rings is 1. The predicted octanol–water partition coefficient (Wildman–Crippen LogP) is 2.57. The second kappa shape index (κ2) is 5.79. The van der Waals surface area contributed by atoms with E-state index < -0.39 is 23.0 Å². The average Bonchev–Trinajstić information content (AvgIpc) is 2.36. The molecule has 6 heteroatoms. The maximum atomic E-state index is 13.5. The first-order valence-corrected chi connectivity index (χ1v) is 6.75. The molecule has 0 bridgehead atoms. The number of carbonyl (C=O) groups is 2. The number of carbonyl (C=O) groups excluding carboxylic acids is 1. The Morgan fingerprint density at radius 1 is 1.33 bits per heavy atom. The van der Waals surface area contributed by atoms with Gasteiger partial charge in [0.25, 0.3) is 0 Å². The smallest absolute Gasteiger partial charge is 0.310 e. The molecular formula is C15H17F2NO3. The maximum Gasteiger partial charge on any atom is 0.310 e. The summed E-state index contributed by atoms with van der Waals surface area (Å²) in [4.78, 5) is 24.6. The van der Waals surface area contributed by atoms with Gasteiger partial charge >= 0.3 is 5.97 Å². The first-order valence-electron chi connectivity index (χ1n) is 6.75. The molecule has 0 aromatic heterocycles. The fourth-order valence-corrected chi connectivity index (χ4v) is 2.49. The Morgan fingerprint density at radius 3 is 2.48 bits per heavy atom. The van der Waals surface area contributed by atoms with Crippen LogP contribution in [0.3, 0.4) is 0 Å². The summed E-state index contributed by atoms with van der Waals surface area (Å²) in [5.41, 5.74) is -0.766. The molecule has 1 aromatic carbocycles. The van der Waals surface area contributed by atoms with Crippen LogP contribution in [-0.2, 0) is 16.1 Å². The van der Waals surface area contributed by atoms with Crippen molar-refractivity contribution in [2.45, 2.75) is 32.2 Å². The largest absolute Gasteiger partial charge is 0.481 e. The molecule has 1 aromatic rings. The van der Waals surface area contributed by atoms with Crippen LogP contribution >= 0.6 is 0 Å². The lowest BCUT2D eigenvalue weighted by molar-refractivity contribution is -0.159. The molecule has 1 saturated carbocycles. The lowest BCUT2D eigenvalue weighted by Crippen LogP contribution is -2.42. The van der Waals surface area contributed by atoms with E-state index in [9.17, 15) is 23.5 Å². The lowest BCUT2D eigenvalue weighted by atomic mass is 9.66. The summed E-state index contributed by atoms with van der Waals surface area (Å²) in [6.45, 7) is -0.0132. The molecule has 0 unspecified atom stereocenters. The minimum absolute atomic E-state index is 0.0132. The van der Waals surface area contributed by atoms with Crippen LogP contribution in [0.15, 0.2) is 18.2 Å². The van der Waals surface area contributed by atoms with Crippen molar-refractivity contribution in [3.8, 4) is 0 Å². The number of halogens is 2. The highest BCUT2D eigenvalue weighted by Crippen LogP contribution is 2.44. The van der Waals surface area contributed by atoms with Gasteiger partial charge in [0.1, 0.15) is 11.6 Å². The number of aliphatic carboxylic acids is 1. The quantitative estimate of drug-likeness (QED) is 0.908. The average molecular weight is 297 g/mol. The zero-order chi connectivity index (χ0) is 15.6. The number of carboxylic acid groups (broad SMARTS) is 1. The van der Waals surface area contributed by atoms with Crippen LogP contribution in [-0.4, -0.2) is 28.9 Å². The zero-order valence-corrected chi connectivity index (χ0v) is 11.7. The zero-order valence-electron chi connectivity index (χ0n) is 11.7. The standard InChI is InChI=1S/C15H17F2NO3/c1-18(9-10-3-4-11(16)7-12(10)17)13(19)8-15(14(20)21)5-2-6-15/h3-4,7H,2,5-6,8-9H2,1H3,(H,20,21). The molecule has 0 radical (unpaired) electrons. The summed E-state index contributed by atoms with van der Waals surface area (Å²) in [7, 11) is 1.49. The van der Waals surface area contributed by atoms with Crippen molar-refractivity contribution in [2.24, 2.45) is 5.41 Å². The van der Waals surface area contributed by atoms with Gasteiger partial charge < -0.3 is 10.0 Å². The highest BCUT2D eigenvalue weighted by molar-refractivity contribution is 5.85. The molecule has 1 amide bonds. The van der Waals surface area contributed by atoms with Crippen molar-refractivity contribution in [1.29, 1.82) is 0 Å². The van der Waals surface area contributed by atoms with Crippen molar-refractivity contribution in [1.82, 2.24) is 4.90 Å². The highest BCUT2D eigenvalue weighted by Gasteiger charge is 2.46. The summed E-state index contributed by atoms with van der Waals surface area (Å²) in [6.07, 6.45) is 1.71. The summed E-state index contributed by atoms with van der Waals surface area (Å²) < 4.78 is 26.4. The summed E-state index contributed by atoms with van der Waals surface area (Å²) in [5, 5.41) is 9.21. The van der Waals surface area contributed by atoms with E-state index in [2.05, 4.69) is 0 Å². The Bertz CT molecular complexity index is 570. The van der Waals surface area contributed by atoms with E-state index in [1.54, 1.807) is 0 Å². The van der Waals surface area contributed by atoms with Gasteiger partial charge in [-0.2, -0.15) is 0 Å². The summed E-state index contributed by atoms with van der Waals surface area (Å²) in [6, 6.07) is 3.17. The molecule has 4 nitrogen and oxygen atoms in total. The van der Waals surface area contributed by atoms with Crippen molar-refractivity contribution < 1.29 is 23.5 Å². The van der Waals surface area contributed by atoms with Crippen LogP contribution in [0.5, 0.6) is 0 Å². The van der Waals surface area contributed by atoms with Crippen LogP contribution in [0.1, 0.15) is 31.2 Å². The first-order chi connectivity index (χ1) is 9.84. The van der Waals surface area contributed by atoms with Crippen LogP contribution in [0.2, 0.25) is 0 Å². The minimum atomic E-state index is -0.966. The highest BCUT2D eigenvalue weighted by atomic mass is 19.1. The molecule has 0 atom stereocenters. The topological polar surface area (TPSA) is 57.6 Å². The molecule has 1 aliphatic rings. The van der Waals surface area contributed by atoms with Gasteiger partial charge in [-0.1, -0.05) is 12.5 Å². The third kappa shape index (κ3) is 3.20. The second-order valence-corrected chi connectivity index (χ2v) is 5.60. The van der Waals surface area contributed by atoms with Gasteiger partial charge in [-0.05, 0) is 18.9 Å². The SMILES string of the molecule is CN(Cc1ccc(F)cc1F)C(=O)CC1(C(=O)O)CCC1. The molecule has 1 N–H and O–H groups in total. The van der Waals surface area contributed by atoms with Gasteiger partial charge in [-0.25, -0.2) is 8.78 Å². The molecule has 1 fully saturated rings. The fraction of sp³-hybridized carbons (Fsp3) is 0.467. The molecule has 21 heavy (non-hydrogen) atoms. The maximum absolute atomic E-state index is 13.5. The van der Waals surface area contributed by atoms with Gasteiger partial charge in [0.15, 0.2) is 0 Å². The molecule has 1 aliphatic carbocycles. The van der Waals surface area contributed by atoms with Gasteiger partial charge in [0.05, 0.1) is 5.41 Å². The van der Waals surface area contributed by atoms with Gasteiger partial charge in [-0.15, -0.1) is 0 Å². The Balaban J connectivity index is 2.01. The van der Waals surface area contributed by atoms with Crippen LogP contribution in [0.25, 0.3) is 0 Å². The monoisotopic (exact) mass is 297 g/mol. The lowest BCUT2D eigenvalue weighted by Gasteiger charge is -2.38. The molecule has 0 heterocycles. The second-order valence-electron chi connectivity index (χ2n) is 5.60. The third-order valence-corrected chi connectivity index (χ3v) is 4.10. The number of amides is 1. The first kappa shape index (κ1) is 15.4. The Labute approximate surface area is 121 Å². The van der Waals surface area contributed by atoms with Crippen molar-refractivity contribution in [2.75, 3.05) is 7.05 Å². The van der Waals surface area contributed by atoms with Crippen molar-refractivity contribution in [3.05, 3.63) is 35.4 Å². The van der Waals surface area contributed by atoms with E-state index in [0.29, 0.717) is 12.8 Å². The van der Waals surface area contributed by atoms with Gasteiger partial charge in [0, 0.05) is 31.6 Å². The molecule has 2 rings (SSSR count). The third-order valence-electron chi connectivity index (χ3n) is 4.10. The van der Waals surface area contributed by atoms with Crippen LogP contribution in [0, 0.1) is 17.0 Å². The van der Waals surface area contributed by atoms with E-state index >= 15 is 0 Å². The molecule has 0 saturated heterocycles. The van der Waals surface area contributed by atoms with E-state index in [0.717, 1.165) is 18.6 Å². The van der Waals surface area contributed by atoms with Crippen LogP contribution in [0.4, 0.5) is 8.78 Å². The molecular weight excluding hydrogens is 280 g/mol. The Hall–Kier alpha value is -1.98. The molecule has 0 aliphatic heterocycles.